The Labute approximate surface area is 176 Å². The fourth-order valence-corrected chi connectivity index (χ4v) is 6.02. The molecular formula is C16H20N4O7S3. The van der Waals surface area contributed by atoms with Crippen LogP contribution in [-0.2, 0) is 40.9 Å². The highest BCUT2D eigenvalue weighted by Crippen LogP contribution is 2.23. The Balaban J connectivity index is 2.14. The van der Waals surface area contributed by atoms with Crippen LogP contribution in [0, 0.1) is 0 Å². The lowest BCUT2D eigenvalue weighted by atomic mass is 10.2. The minimum absolute atomic E-state index is 0.118. The van der Waals surface area contributed by atoms with Crippen LogP contribution in [0.25, 0.3) is 10.2 Å². The number of esters is 1. The SMILES string of the molecule is COC(=O)Cn1c(=NC(=O)C2CCCN2S(C)(=O)=O)sc2cc(S(N)(=O)=O)ccc21. The highest BCUT2D eigenvalue weighted by molar-refractivity contribution is 7.89. The van der Waals surface area contributed by atoms with E-state index in [0.717, 1.165) is 21.9 Å². The summed E-state index contributed by atoms with van der Waals surface area (Å²) in [6.45, 7) is -0.0329. The number of nitrogens with two attached hydrogens (primary N) is 1. The first-order chi connectivity index (χ1) is 13.9. The van der Waals surface area contributed by atoms with Gasteiger partial charge in [-0.3, -0.25) is 9.59 Å². The Morgan fingerprint density at radius 3 is 2.60 bits per heavy atom. The molecular weight excluding hydrogens is 456 g/mol. The van der Waals surface area contributed by atoms with Gasteiger partial charge < -0.3 is 9.30 Å². The van der Waals surface area contributed by atoms with Crippen LogP contribution in [0.4, 0.5) is 0 Å². The van der Waals surface area contributed by atoms with Crippen molar-refractivity contribution in [1.29, 1.82) is 0 Å². The fourth-order valence-electron chi connectivity index (χ4n) is 3.21. The third kappa shape index (κ3) is 4.62. The maximum Gasteiger partial charge on any atom is 0.325 e. The average molecular weight is 477 g/mol. The molecule has 1 saturated heterocycles. The third-order valence-electron chi connectivity index (χ3n) is 4.62. The first-order valence-corrected chi connectivity index (χ1v) is 12.9. The minimum Gasteiger partial charge on any atom is -0.468 e. The van der Waals surface area contributed by atoms with Crippen LogP contribution >= 0.6 is 11.3 Å². The van der Waals surface area contributed by atoms with Gasteiger partial charge in [0.1, 0.15) is 12.6 Å². The molecule has 1 aliphatic heterocycles. The zero-order valence-corrected chi connectivity index (χ0v) is 18.6. The van der Waals surface area contributed by atoms with Crippen molar-refractivity contribution < 1.29 is 31.2 Å². The van der Waals surface area contributed by atoms with Crippen LogP contribution < -0.4 is 9.94 Å². The molecule has 14 heteroatoms. The summed E-state index contributed by atoms with van der Waals surface area (Å²) in [5.41, 5.74) is 0.454. The Hall–Kier alpha value is -2.13. The first kappa shape index (κ1) is 22.6. The average Bonchev–Trinajstić information content (AvgIpc) is 3.26. The van der Waals surface area contributed by atoms with Crippen molar-refractivity contribution in [1.82, 2.24) is 8.87 Å². The number of hydrogen-bond donors (Lipinski definition) is 1. The second-order valence-corrected chi connectivity index (χ2v) is 11.2. The highest BCUT2D eigenvalue weighted by atomic mass is 32.2. The maximum atomic E-state index is 12.8. The Bertz CT molecular complexity index is 1290. The van der Waals surface area contributed by atoms with Crippen molar-refractivity contribution >= 4 is 53.5 Å². The molecule has 0 spiro atoms. The van der Waals surface area contributed by atoms with E-state index < -0.39 is 38.0 Å². The van der Waals surface area contributed by atoms with Crippen molar-refractivity contribution in [2.24, 2.45) is 10.1 Å². The number of sulfonamides is 2. The van der Waals surface area contributed by atoms with E-state index in [1.54, 1.807) is 0 Å². The Morgan fingerprint density at radius 1 is 1.30 bits per heavy atom. The second-order valence-electron chi connectivity index (χ2n) is 6.70. The van der Waals surface area contributed by atoms with Crippen molar-refractivity contribution in [3.63, 3.8) is 0 Å². The molecule has 0 aliphatic carbocycles. The molecule has 1 unspecified atom stereocenters. The molecule has 1 fully saturated rings. The summed E-state index contributed by atoms with van der Waals surface area (Å²) in [6.07, 6.45) is 1.91. The van der Waals surface area contributed by atoms with Crippen molar-refractivity contribution in [2.45, 2.75) is 30.3 Å². The predicted octanol–water partition coefficient (Wildman–Crippen LogP) is -0.625. The van der Waals surface area contributed by atoms with E-state index in [9.17, 15) is 26.4 Å². The number of fused-ring (bicyclic) bond motifs is 1. The molecule has 2 N–H and O–H groups in total. The van der Waals surface area contributed by atoms with Gasteiger partial charge in [-0.25, -0.2) is 22.0 Å². The molecule has 0 saturated carbocycles. The molecule has 30 heavy (non-hydrogen) atoms. The van der Waals surface area contributed by atoms with Gasteiger partial charge in [0.2, 0.25) is 20.0 Å². The molecule has 3 rings (SSSR count). The number of amides is 1. The Morgan fingerprint density at radius 2 is 2.00 bits per heavy atom. The number of hydrogen-bond acceptors (Lipinski definition) is 8. The summed E-state index contributed by atoms with van der Waals surface area (Å²) in [7, 11) is -6.32. The number of primary sulfonamides is 1. The van der Waals surface area contributed by atoms with Crippen molar-refractivity contribution in [2.75, 3.05) is 19.9 Å². The van der Waals surface area contributed by atoms with Crippen LogP contribution in [0.5, 0.6) is 0 Å². The molecule has 2 heterocycles. The first-order valence-electron chi connectivity index (χ1n) is 8.70. The zero-order valence-electron chi connectivity index (χ0n) is 16.1. The summed E-state index contributed by atoms with van der Waals surface area (Å²) in [5, 5.41) is 5.17. The summed E-state index contributed by atoms with van der Waals surface area (Å²) < 4.78 is 54.8. The molecule has 0 bridgehead atoms. The lowest BCUT2D eigenvalue weighted by molar-refractivity contribution is -0.141. The molecule has 1 amide bonds. The van der Waals surface area contributed by atoms with E-state index in [2.05, 4.69) is 9.73 Å². The molecule has 1 aliphatic rings. The van der Waals surface area contributed by atoms with Crippen molar-refractivity contribution in [3.05, 3.63) is 23.0 Å². The molecule has 11 nitrogen and oxygen atoms in total. The smallest absolute Gasteiger partial charge is 0.325 e. The van der Waals surface area contributed by atoms with Gasteiger partial charge in [0.25, 0.3) is 5.91 Å². The van der Waals surface area contributed by atoms with E-state index in [4.69, 9.17) is 5.14 Å². The molecule has 164 valence electrons. The number of methoxy groups -OCH3 is 1. The number of aromatic nitrogens is 1. The van der Waals surface area contributed by atoms with Gasteiger partial charge in [-0.2, -0.15) is 9.30 Å². The van der Waals surface area contributed by atoms with Gasteiger partial charge in [-0.1, -0.05) is 11.3 Å². The monoisotopic (exact) mass is 476 g/mol. The lowest BCUT2D eigenvalue weighted by Gasteiger charge is -2.18. The predicted molar refractivity (Wildman–Crippen MR) is 108 cm³/mol. The number of carbonyl (C=O) groups excluding carboxylic acids is 2. The van der Waals surface area contributed by atoms with Crippen molar-refractivity contribution in [3.8, 4) is 0 Å². The summed E-state index contributed by atoms with van der Waals surface area (Å²) >= 11 is 0.982. The highest BCUT2D eigenvalue weighted by Gasteiger charge is 2.36. The van der Waals surface area contributed by atoms with Crippen LogP contribution in [-0.4, -0.2) is 63.5 Å². The van der Waals surface area contributed by atoms with Gasteiger partial charge in [0, 0.05) is 6.54 Å². The number of ether oxygens (including phenoxy) is 1. The lowest BCUT2D eigenvalue weighted by Crippen LogP contribution is -2.40. The summed E-state index contributed by atoms with van der Waals surface area (Å²) in [5.74, 6) is -1.26. The third-order valence-corrected chi connectivity index (χ3v) is 7.86. The number of carbonyl (C=O) groups is 2. The number of benzene rings is 1. The van der Waals surface area contributed by atoms with Crippen LogP contribution in [0.15, 0.2) is 28.1 Å². The fraction of sp³-hybridized carbons (Fsp3) is 0.438. The van der Waals surface area contributed by atoms with Gasteiger partial charge >= 0.3 is 5.97 Å². The van der Waals surface area contributed by atoms with Gasteiger partial charge in [0.15, 0.2) is 4.80 Å². The molecule has 0 radical (unpaired) electrons. The number of thiazole rings is 1. The van der Waals surface area contributed by atoms with Gasteiger partial charge in [-0.05, 0) is 31.0 Å². The standard InChI is InChI=1S/C16H20N4O7S3/c1-27-14(21)9-19-11-6-5-10(30(17,25)26)8-13(11)28-16(19)18-15(22)12-4-3-7-20(12)29(2,23)24/h5-6,8,12H,3-4,7,9H2,1-2H3,(H2,17,25,26). The molecule has 1 atom stereocenters. The van der Waals surface area contributed by atoms with Crippen LogP contribution in [0.2, 0.25) is 0 Å². The van der Waals surface area contributed by atoms with Crippen LogP contribution in [0.3, 0.4) is 0 Å². The van der Waals surface area contributed by atoms with Gasteiger partial charge in [0.05, 0.1) is 28.5 Å². The largest absolute Gasteiger partial charge is 0.468 e. The molecule has 1 aromatic heterocycles. The van der Waals surface area contributed by atoms with E-state index >= 15 is 0 Å². The van der Waals surface area contributed by atoms with E-state index in [0.29, 0.717) is 23.1 Å². The quantitative estimate of drug-likeness (QED) is 0.563. The minimum atomic E-state index is -3.95. The zero-order chi connectivity index (χ0) is 22.3. The number of rotatable bonds is 5. The maximum absolute atomic E-state index is 12.8. The molecule has 1 aromatic carbocycles. The number of nitrogens with zero attached hydrogens (tertiary/aromatic N) is 3. The summed E-state index contributed by atoms with van der Waals surface area (Å²) in [4.78, 5) is 28.7. The normalized spacial score (nSPS) is 18.8. The second kappa shape index (κ2) is 8.19. The van der Waals surface area contributed by atoms with E-state index in [1.807, 2.05) is 0 Å². The topological polar surface area (TPSA) is 158 Å². The van der Waals surface area contributed by atoms with E-state index in [1.165, 1.54) is 29.9 Å². The van der Waals surface area contributed by atoms with Gasteiger partial charge in [-0.15, -0.1) is 0 Å². The van der Waals surface area contributed by atoms with Crippen LogP contribution in [0.1, 0.15) is 12.8 Å². The van der Waals surface area contributed by atoms with E-state index in [-0.39, 0.29) is 22.8 Å². The molecule has 2 aromatic rings. The summed E-state index contributed by atoms with van der Waals surface area (Å²) in [6, 6.07) is 3.14. The Kier molecular flexibility index (Phi) is 6.15.